The van der Waals surface area contributed by atoms with E-state index in [1.807, 2.05) is 6.07 Å². The Bertz CT molecular complexity index is 522. The van der Waals surface area contributed by atoms with Gasteiger partial charge in [-0.05, 0) is 18.1 Å². The molecular formula is C13H17N3O2. The van der Waals surface area contributed by atoms with Crippen LogP contribution in [-0.2, 0) is 0 Å². The van der Waals surface area contributed by atoms with Gasteiger partial charge in [-0.2, -0.15) is 4.98 Å². The van der Waals surface area contributed by atoms with Crippen LogP contribution >= 0.6 is 0 Å². The average molecular weight is 247 g/mol. The van der Waals surface area contributed by atoms with Crippen molar-refractivity contribution in [3.05, 3.63) is 30.2 Å². The summed E-state index contributed by atoms with van der Waals surface area (Å²) in [6.45, 7) is 4.60. The minimum Gasteiger partial charge on any atom is -0.508 e. The third-order valence-electron chi connectivity index (χ3n) is 2.92. The maximum absolute atomic E-state index is 9.42. The highest BCUT2D eigenvalue weighted by Crippen LogP contribution is 2.25. The van der Waals surface area contributed by atoms with Gasteiger partial charge in [-0.3, -0.25) is 0 Å². The van der Waals surface area contributed by atoms with Gasteiger partial charge in [-0.15, -0.1) is 0 Å². The quantitative estimate of drug-likeness (QED) is 0.864. The van der Waals surface area contributed by atoms with Gasteiger partial charge in [0.05, 0.1) is 5.92 Å². The summed E-state index contributed by atoms with van der Waals surface area (Å²) in [6.07, 6.45) is 0. The third-order valence-corrected chi connectivity index (χ3v) is 2.92. The van der Waals surface area contributed by atoms with Crippen LogP contribution in [-0.4, -0.2) is 21.8 Å². The average Bonchev–Trinajstić information content (AvgIpc) is 2.79. The van der Waals surface area contributed by atoms with E-state index in [0.717, 1.165) is 5.56 Å². The van der Waals surface area contributed by atoms with Crippen molar-refractivity contribution in [2.24, 2.45) is 11.7 Å². The number of nitrogens with zero attached hydrogens (tertiary/aromatic N) is 2. The molecular weight excluding hydrogens is 230 g/mol. The van der Waals surface area contributed by atoms with Crippen LogP contribution in [0.15, 0.2) is 28.8 Å². The lowest BCUT2D eigenvalue weighted by Crippen LogP contribution is -2.18. The van der Waals surface area contributed by atoms with E-state index in [0.29, 0.717) is 24.2 Å². The fraction of sp³-hybridized carbons (Fsp3) is 0.385. The Hall–Kier alpha value is -1.88. The van der Waals surface area contributed by atoms with Crippen molar-refractivity contribution in [2.75, 3.05) is 6.54 Å². The van der Waals surface area contributed by atoms with Crippen molar-refractivity contribution >= 4 is 0 Å². The molecule has 1 unspecified atom stereocenters. The van der Waals surface area contributed by atoms with E-state index in [1.54, 1.807) is 18.2 Å². The molecule has 5 heteroatoms. The number of nitrogens with two attached hydrogens (primary N) is 1. The second-order valence-electron chi connectivity index (χ2n) is 4.59. The van der Waals surface area contributed by atoms with Gasteiger partial charge >= 0.3 is 0 Å². The first-order valence-corrected chi connectivity index (χ1v) is 5.95. The Labute approximate surface area is 106 Å². The van der Waals surface area contributed by atoms with Gasteiger partial charge in [-0.25, -0.2) is 0 Å². The molecule has 0 aliphatic heterocycles. The molecule has 96 valence electrons. The lowest BCUT2D eigenvalue weighted by Gasteiger charge is -2.13. The number of hydrogen-bond donors (Lipinski definition) is 2. The van der Waals surface area contributed by atoms with Crippen LogP contribution < -0.4 is 5.73 Å². The van der Waals surface area contributed by atoms with Crippen LogP contribution in [0.4, 0.5) is 0 Å². The molecule has 2 rings (SSSR count). The largest absolute Gasteiger partial charge is 0.508 e. The molecule has 0 fully saturated rings. The molecule has 0 aliphatic carbocycles. The van der Waals surface area contributed by atoms with Crippen LogP contribution in [0.25, 0.3) is 11.4 Å². The molecule has 1 aromatic carbocycles. The van der Waals surface area contributed by atoms with Crippen molar-refractivity contribution in [1.29, 1.82) is 0 Å². The summed E-state index contributed by atoms with van der Waals surface area (Å²) in [5, 5.41) is 13.3. The zero-order valence-electron chi connectivity index (χ0n) is 10.5. The SMILES string of the molecule is CC(C)C(CN)c1nc(-c2cccc(O)c2)no1. The van der Waals surface area contributed by atoms with Gasteiger partial charge in [0.1, 0.15) is 5.75 Å². The summed E-state index contributed by atoms with van der Waals surface area (Å²) in [6, 6.07) is 6.76. The first-order chi connectivity index (χ1) is 8.61. The van der Waals surface area contributed by atoms with E-state index in [2.05, 4.69) is 24.0 Å². The predicted octanol–water partition coefficient (Wildman–Crippen LogP) is 2.14. The molecule has 1 aromatic heterocycles. The van der Waals surface area contributed by atoms with E-state index >= 15 is 0 Å². The Morgan fingerprint density at radius 2 is 2.17 bits per heavy atom. The molecule has 0 spiro atoms. The molecule has 0 saturated heterocycles. The number of hydrogen-bond acceptors (Lipinski definition) is 5. The highest BCUT2D eigenvalue weighted by atomic mass is 16.5. The number of benzene rings is 1. The molecule has 0 amide bonds. The molecule has 1 heterocycles. The van der Waals surface area contributed by atoms with E-state index in [1.165, 1.54) is 0 Å². The number of phenolic OH excluding ortho intramolecular Hbond substituents is 1. The lowest BCUT2D eigenvalue weighted by molar-refractivity contribution is 0.324. The summed E-state index contributed by atoms with van der Waals surface area (Å²) in [5.41, 5.74) is 6.44. The Balaban J connectivity index is 2.30. The maximum atomic E-state index is 9.42. The monoisotopic (exact) mass is 247 g/mol. The number of rotatable bonds is 4. The van der Waals surface area contributed by atoms with Crippen molar-refractivity contribution in [3.8, 4) is 17.1 Å². The number of phenols is 1. The summed E-state index contributed by atoms with van der Waals surface area (Å²) in [4.78, 5) is 4.35. The molecule has 0 saturated carbocycles. The summed E-state index contributed by atoms with van der Waals surface area (Å²) >= 11 is 0. The van der Waals surface area contributed by atoms with Gasteiger partial charge in [0.2, 0.25) is 11.7 Å². The Kier molecular flexibility index (Phi) is 3.62. The van der Waals surface area contributed by atoms with E-state index < -0.39 is 0 Å². The molecule has 0 radical (unpaired) electrons. The van der Waals surface area contributed by atoms with Crippen molar-refractivity contribution in [1.82, 2.24) is 10.1 Å². The minimum atomic E-state index is 0.0589. The van der Waals surface area contributed by atoms with Crippen LogP contribution in [0, 0.1) is 5.92 Å². The van der Waals surface area contributed by atoms with E-state index in [4.69, 9.17) is 10.3 Å². The topological polar surface area (TPSA) is 85.2 Å². The van der Waals surface area contributed by atoms with Gasteiger partial charge in [-0.1, -0.05) is 31.1 Å². The van der Waals surface area contributed by atoms with Crippen molar-refractivity contribution in [3.63, 3.8) is 0 Å². The fourth-order valence-electron chi connectivity index (χ4n) is 1.81. The van der Waals surface area contributed by atoms with Gasteiger partial charge in [0, 0.05) is 12.1 Å². The first-order valence-electron chi connectivity index (χ1n) is 5.95. The zero-order chi connectivity index (χ0) is 13.1. The summed E-state index contributed by atoms with van der Waals surface area (Å²) < 4.78 is 5.25. The standard InChI is InChI=1S/C13H17N3O2/c1-8(2)11(7-14)13-15-12(16-18-13)9-4-3-5-10(17)6-9/h3-6,8,11,17H,7,14H2,1-2H3. The third kappa shape index (κ3) is 2.51. The van der Waals surface area contributed by atoms with Crippen LogP contribution in [0.2, 0.25) is 0 Å². The van der Waals surface area contributed by atoms with Gasteiger partial charge in [0.25, 0.3) is 0 Å². The molecule has 0 aliphatic rings. The molecule has 5 nitrogen and oxygen atoms in total. The fourth-order valence-corrected chi connectivity index (χ4v) is 1.81. The molecule has 1 atom stereocenters. The smallest absolute Gasteiger partial charge is 0.231 e. The van der Waals surface area contributed by atoms with Gasteiger partial charge in [0.15, 0.2) is 0 Å². The van der Waals surface area contributed by atoms with Crippen LogP contribution in [0.3, 0.4) is 0 Å². The number of aromatic hydroxyl groups is 1. The highest BCUT2D eigenvalue weighted by molar-refractivity contribution is 5.56. The first kappa shape index (κ1) is 12.6. The normalized spacial score (nSPS) is 12.9. The second kappa shape index (κ2) is 5.18. The Morgan fingerprint density at radius 1 is 1.39 bits per heavy atom. The lowest BCUT2D eigenvalue weighted by atomic mass is 9.96. The van der Waals surface area contributed by atoms with Crippen LogP contribution in [0.5, 0.6) is 5.75 Å². The van der Waals surface area contributed by atoms with E-state index in [-0.39, 0.29) is 11.7 Å². The van der Waals surface area contributed by atoms with Crippen molar-refractivity contribution in [2.45, 2.75) is 19.8 Å². The summed E-state index contributed by atoms with van der Waals surface area (Å²) in [5.74, 6) is 1.60. The van der Waals surface area contributed by atoms with Gasteiger partial charge < -0.3 is 15.4 Å². The summed E-state index contributed by atoms with van der Waals surface area (Å²) in [7, 11) is 0. The second-order valence-corrected chi connectivity index (χ2v) is 4.59. The van der Waals surface area contributed by atoms with Crippen molar-refractivity contribution < 1.29 is 9.63 Å². The van der Waals surface area contributed by atoms with Crippen LogP contribution in [0.1, 0.15) is 25.7 Å². The molecule has 0 bridgehead atoms. The maximum Gasteiger partial charge on any atom is 0.231 e. The van der Waals surface area contributed by atoms with E-state index in [9.17, 15) is 5.11 Å². The molecule has 18 heavy (non-hydrogen) atoms. The number of aromatic nitrogens is 2. The molecule has 2 aromatic rings. The molecule has 3 N–H and O–H groups in total. The minimum absolute atomic E-state index is 0.0589. The predicted molar refractivity (Wildman–Crippen MR) is 68.0 cm³/mol. The zero-order valence-corrected chi connectivity index (χ0v) is 10.5. The Morgan fingerprint density at radius 3 is 2.78 bits per heavy atom. The highest BCUT2D eigenvalue weighted by Gasteiger charge is 2.21.